The number of nitrogens with one attached hydrogen (secondary N) is 1. The highest BCUT2D eigenvalue weighted by Crippen LogP contribution is 2.31. The molecule has 4 nitrogen and oxygen atoms in total. The largest absolute Gasteiger partial charge is 0.457 e. The molecule has 1 N–H and O–H groups in total. The van der Waals surface area contributed by atoms with Crippen LogP contribution in [0.25, 0.3) is 21.0 Å². The van der Waals surface area contributed by atoms with Crippen LogP contribution in [0, 0.1) is 5.82 Å². The zero-order chi connectivity index (χ0) is 17.9. The van der Waals surface area contributed by atoms with Crippen molar-refractivity contribution in [2.45, 2.75) is 13.0 Å². The maximum Gasteiger partial charge on any atom is 0.224 e. The van der Waals surface area contributed by atoms with Crippen LogP contribution in [0.15, 0.2) is 65.1 Å². The van der Waals surface area contributed by atoms with E-state index in [1.807, 2.05) is 36.4 Å². The molecule has 1 amide bonds. The van der Waals surface area contributed by atoms with Crippen LogP contribution in [-0.4, -0.2) is 10.9 Å². The van der Waals surface area contributed by atoms with Gasteiger partial charge in [-0.15, -0.1) is 11.3 Å². The number of fused-ring (bicyclic) bond motifs is 1. The van der Waals surface area contributed by atoms with Crippen LogP contribution in [0.4, 0.5) is 4.39 Å². The summed E-state index contributed by atoms with van der Waals surface area (Å²) in [6.07, 6.45) is 0.200. The fraction of sp³-hybridized carbons (Fsp3) is 0.100. The Balaban J connectivity index is 1.38. The molecule has 0 aliphatic carbocycles. The number of para-hydroxylation sites is 1. The van der Waals surface area contributed by atoms with Crippen LogP contribution in [-0.2, 0) is 17.8 Å². The van der Waals surface area contributed by atoms with Gasteiger partial charge in [-0.1, -0.05) is 24.3 Å². The van der Waals surface area contributed by atoms with Gasteiger partial charge in [0.25, 0.3) is 0 Å². The third-order valence-corrected chi connectivity index (χ3v) is 4.96. The van der Waals surface area contributed by atoms with Crippen molar-refractivity contribution in [2.75, 3.05) is 0 Å². The number of carbonyl (C=O) groups is 1. The Morgan fingerprint density at radius 2 is 1.88 bits per heavy atom. The average molecular weight is 366 g/mol. The van der Waals surface area contributed by atoms with E-state index >= 15 is 0 Å². The molecule has 4 aromatic rings. The van der Waals surface area contributed by atoms with Gasteiger partial charge >= 0.3 is 0 Å². The zero-order valence-corrected chi connectivity index (χ0v) is 14.6. The minimum atomic E-state index is -0.313. The van der Waals surface area contributed by atoms with Crippen LogP contribution >= 0.6 is 11.3 Å². The minimum Gasteiger partial charge on any atom is -0.457 e. The van der Waals surface area contributed by atoms with Gasteiger partial charge in [-0.25, -0.2) is 9.37 Å². The normalized spacial score (nSPS) is 11.0. The molecule has 0 unspecified atom stereocenters. The summed E-state index contributed by atoms with van der Waals surface area (Å²) in [6.45, 7) is 0.297. The monoisotopic (exact) mass is 366 g/mol. The molecule has 0 bridgehead atoms. The molecular weight excluding hydrogens is 351 g/mol. The Hall–Kier alpha value is -2.99. The van der Waals surface area contributed by atoms with Crippen molar-refractivity contribution < 1.29 is 13.6 Å². The fourth-order valence-corrected chi connectivity index (χ4v) is 3.53. The summed E-state index contributed by atoms with van der Waals surface area (Å²) in [5.41, 5.74) is 1.71. The number of hydrogen-bond acceptors (Lipinski definition) is 4. The lowest BCUT2D eigenvalue weighted by molar-refractivity contribution is -0.120. The quantitative estimate of drug-likeness (QED) is 0.564. The molecule has 0 saturated heterocycles. The molecule has 4 rings (SSSR count). The molecule has 6 heteroatoms. The molecule has 0 fully saturated rings. The average Bonchev–Trinajstić information content (AvgIpc) is 3.28. The standard InChI is InChI=1S/C20H15FN2O2S/c21-14-7-5-13(6-8-14)11-19(24)22-12-15-9-10-17(25-15)20-23-16-3-1-2-4-18(16)26-20/h1-10H,11-12H2,(H,22,24). The van der Waals surface area contributed by atoms with Gasteiger partial charge in [0.1, 0.15) is 11.6 Å². The molecule has 0 radical (unpaired) electrons. The molecule has 2 heterocycles. The summed E-state index contributed by atoms with van der Waals surface area (Å²) in [5, 5.41) is 3.62. The number of nitrogens with zero attached hydrogens (tertiary/aromatic N) is 1. The third-order valence-electron chi connectivity index (χ3n) is 3.90. The van der Waals surface area contributed by atoms with Crippen molar-refractivity contribution in [3.63, 3.8) is 0 Å². The molecule has 26 heavy (non-hydrogen) atoms. The Kier molecular flexibility index (Phi) is 4.50. The van der Waals surface area contributed by atoms with Crippen LogP contribution in [0.1, 0.15) is 11.3 Å². The van der Waals surface area contributed by atoms with Gasteiger partial charge < -0.3 is 9.73 Å². The summed E-state index contributed by atoms with van der Waals surface area (Å²) in [6, 6.07) is 17.5. The number of aromatic nitrogens is 1. The number of rotatable bonds is 5. The van der Waals surface area contributed by atoms with Gasteiger partial charge in [-0.05, 0) is 42.0 Å². The number of amides is 1. The second-order valence-electron chi connectivity index (χ2n) is 5.83. The second kappa shape index (κ2) is 7.09. The first-order chi connectivity index (χ1) is 12.7. The van der Waals surface area contributed by atoms with E-state index in [9.17, 15) is 9.18 Å². The summed E-state index contributed by atoms with van der Waals surface area (Å²) in [5.74, 6) is 0.891. The first-order valence-corrected chi connectivity index (χ1v) is 8.95. The topological polar surface area (TPSA) is 55.1 Å². The van der Waals surface area contributed by atoms with Crippen molar-refractivity contribution in [3.05, 3.63) is 77.8 Å². The van der Waals surface area contributed by atoms with E-state index in [2.05, 4.69) is 10.3 Å². The highest BCUT2D eigenvalue weighted by molar-refractivity contribution is 7.21. The number of halogens is 1. The molecule has 0 aliphatic rings. The van der Waals surface area contributed by atoms with E-state index in [0.717, 1.165) is 20.8 Å². The predicted molar refractivity (Wildman–Crippen MR) is 99.3 cm³/mol. The van der Waals surface area contributed by atoms with Crippen LogP contribution in [0.2, 0.25) is 0 Å². The smallest absolute Gasteiger partial charge is 0.224 e. The molecule has 2 aromatic carbocycles. The first-order valence-electron chi connectivity index (χ1n) is 8.13. The SMILES string of the molecule is O=C(Cc1ccc(F)cc1)NCc1ccc(-c2nc3ccccc3s2)o1. The van der Waals surface area contributed by atoms with Crippen molar-refractivity contribution >= 4 is 27.5 Å². The maximum absolute atomic E-state index is 12.9. The van der Waals surface area contributed by atoms with E-state index in [0.29, 0.717) is 18.1 Å². The zero-order valence-electron chi connectivity index (χ0n) is 13.7. The van der Waals surface area contributed by atoms with Gasteiger partial charge in [-0.2, -0.15) is 0 Å². The van der Waals surface area contributed by atoms with Crippen molar-refractivity contribution in [3.8, 4) is 10.8 Å². The summed E-state index contributed by atoms with van der Waals surface area (Å²) >= 11 is 1.57. The lowest BCUT2D eigenvalue weighted by Gasteiger charge is -2.03. The number of furan rings is 1. The molecule has 2 aromatic heterocycles. The van der Waals surface area contributed by atoms with Gasteiger partial charge in [0.05, 0.1) is 23.2 Å². The Bertz CT molecular complexity index is 1020. The number of thiazole rings is 1. The Labute approximate surface area is 153 Å². The van der Waals surface area contributed by atoms with Gasteiger partial charge in [0, 0.05) is 0 Å². The second-order valence-corrected chi connectivity index (χ2v) is 6.86. The minimum absolute atomic E-state index is 0.144. The van der Waals surface area contributed by atoms with E-state index in [-0.39, 0.29) is 18.1 Å². The Morgan fingerprint density at radius 1 is 1.08 bits per heavy atom. The van der Waals surface area contributed by atoms with E-state index in [1.165, 1.54) is 12.1 Å². The summed E-state index contributed by atoms with van der Waals surface area (Å²) in [7, 11) is 0. The number of hydrogen-bond donors (Lipinski definition) is 1. The highest BCUT2D eigenvalue weighted by Gasteiger charge is 2.11. The van der Waals surface area contributed by atoms with Crippen molar-refractivity contribution in [2.24, 2.45) is 0 Å². The fourth-order valence-electron chi connectivity index (χ4n) is 2.60. The molecule has 130 valence electrons. The van der Waals surface area contributed by atoms with Gasteiger partial charge in [-0.3, -0.25) is 4.79 Å². The van der Waals surface area contributed by atoms with E-state index in [1.54, 1.807) is 23.5 Å². The maximum atomic E-state index is 12.9. The lowest BCUT2D eigenvalue weighted by atomic mass is 10.1. The summed E-state index contributed by atoms with van der Waals surface area (Å²) in [4.78, 5) is 16.6. The van der Waals surface area contributed by atoms with Crippen molar-refractivity contribution in [1.29, 1.82) is 0 Å². The predicted octanol–water partition coefficient (Wildman–Crippen LogP) is 4.55. The molecular formula is C20H15FN2O2S. The molecule has 0 spiro atoms. The Morgan fingerprint density at radius 3 is 2.69 bits per heavy atom. The number of carbonyl (C=O) groups excluding carboxylic acids is 1. The third kappa shape index (κ3) is 3.65. The van der Waals surface area contributed by atoms with Gasteiger partial charge in [0.15, 0.2) is 10.8 Å². The van der Waals surface area contributed by atoms with E-state index in [4.69, 9.17) is 4.42 Å². The summed E-state index contributed by atoms with van der Waals surface area (Å²) < 4.78 is 19.8. The van der Waals surface area contributed by atoms with Crippen LogP contribution < -0.4 is 5.32 Å². The highest BCUT2D eigenvalue weighted by atomic mass is 32.1. The molecule has 0 saturated carbocycles. The van der Waals surface area contributed by atoms with Crippen LogP contribution in [0.5, 0.6) is 0 Å². The molecule has 0 aliphatic heterocycles. The van der Waals surface area contributed by atoms with E-state index < -0.39 is 0 Å². The van der Waals surface area contributed by atoms with Gasteiger partial charge in [0.2, 0.25) is 5.91 Å². The van der Waals surface area contributed by atoms with Crippen molar-refractivity contribution in [1.82, 2.24) is 10.3 Å². The first kappa shape index (κ1) is 16.5. The number of benzene rings is 2. The molecule has 0 atom stereocenters. The lowest BCUT2D eigenvalue weighted by Crippen LogP contribution is -2.24. The van der Waals surface area contributed by atoms with Crippen LogP contribution in [0.3, 0.4) is 0 Å².